The third-order valence-corrected chi connectivity index (χ3v) is 11.9. The number of hydrogen-bond donors (Lipinski definition) is 1. The van der Waals surface area contributed by atoms with E-state index in [1.54, 1.807) is 0 Å². The van der Waals surface area contributed by atoms with Crippen molar-refractivity contribution in [1.82, 2.24) is 0 Å². The summed E-state index contributed by atoms with van der Waals surface area (Å²) in [6.45, 7) is 25.3. The molecule has 4 fully saturated rings. The maximum atomic E-state index is 10.6. The van der Waals surface area contributed by atoms with Crippen LogP contribution >= 0.6 is 0 Å². The Bertz CT molecular complexity index is 1250. The Labute approximate surface area is 266 Å². The quantitative estimate of drug-likeness (QED) is 0.318. The summed E-state index contributed by atoms with van der Waals surface area (Å²) in [4.78, 5) is 6.14. The molecule has 7 heteroatoms. The molecule has 4 aliphatic carbocycles. The van der Waals surface area contributed by atoms with E-state index in [0.717, 1.165) is 44.2 Å². The fraction of sp³-hybridized carbons (Fsp3) is 0.865. The second kappa shape index (κ2) is 10.1. The molecule has 248 valence electrons. The first kappa shape index (κ1) is 32.7. The monoisotopic (exact) mass is 613 g/mol. The first-order valence-corrected chi connectivity index (χ1v) is 17.2. The van der Waals surface area contributed by atoms with E-state index in [4.69, 9.17) is 28.9 Å². The Kier molecular flexibility index (Phi) is 7.52. The number of allylic oxidation sites excluding steroid dienone is 4. The molecular formula is C37H59NO6. The molecule has 0 spiro atoms. The van der Waals surface area contributed by atoms with E-state index >= 15 is 0 Å². The number of fused-ring (bicyclic) bond motifs is 6. The minimum atomic E-state index is -0.746. The van der Waals surface area contributed by atoms with Gasteiger partial charge in [0.2, 0.25) is 0 Å². The molecule has 2 saturated carbocycles. The maximum Gasteiger partial charge on any atom is 0.164 e. The van der Waals surface area contributed by atoms with Gasteiger partial charge in [-0.15, -0.1) is 0 Å². The topological polar surface area (TPSA) is 78.7 Å². The van der Waals surface area contributed by atoms with Gasteiger partial charge in [0, 0.05) is 11.8 Å². The summed E-state index contributed by atoms with van der Waals surface area (Å²) < 4.78 is 26.4. The molecule has 7 nitrogen and oxygen atoms in total. The van der Waals surface area contributed by atoms with Gasteiger partial charge in [-0.05, 0) is 148 Å². The fourth-order valence-corrected chi connectivity index (χ4v) is 10.1. The number of oxime groups is 1. The van der Waals surface area contributed by atoms with Gasteiger partial charge in [0.25, 0.3) is 0 Å². The highest BCUT2D eigenvalue weighted by molar-refractivity contribution is 6.00. The molecule has 0 unspecified atom stereocenters. The minimum absolute atomic E-state index is 0.0104. The molecule has 2 aliphatic heterocycles. The Morgan fingerprint density at radius 2 is 1.61 bits per heavy atom. The van der Waals surface area contributed by atoms with Crippen LogP contribution < -0.4 is 0 Å². The third kappa shape index (κ3) is 5.55. The summed E-state index contributed by atoms with van der Waals surface area (Å²) in [5.41, 5.74) is 2.29. The zero-order chi connectivity index (χ0) is 32.3. The van der Waals surface area contributed by atoms with E-state index < -0.39 is 22.8 Å². The predicted octanol–water partition coefficient (Wildman–Crippen LogP) is 7.86. The largest absolute Gasteiger partial charge is 0.390 e. The van der Waals surface area contributed by atoms with Crippen LogP contribution in [0.1, 0.15) is 128 Å². The molecule has 2 saturated heterocycles. The molecule has 0 radical (unpaired) electrons. The van der Waals surface area contributed by atoms with Gasteiger partial charge >= 0.3 is 0 Å². The van der Waals surface area contributed by atoms with Gasteiger partial charge in [-0.3, -0.25) is 0 Å². The number of ether oxygens (including phenoxy) is 4. The van der Waals surface area contributed by atoms with E-state index in [1.165, 1.54) is 11.1 Å². The molecule has 0 bridgehead atoms. The lowest BCUT2D eigenvalue weighted by atomic mass is 9.47. The van der Waals surface area contributed by atoms with E-state index in [2.05, 4.69) is 53.7 Å². The molecular weight excluding hydrogens is 554 g/mol. The molecule has 1 N–H and O–H groups in total. The van der Waals surface area contributed by atoms with Crippen molar-refractivity contribution in [2.75, 3.05) is 0 Å². The Morgan fingerprint density at radius 3 is 2.27 bits per heavy atom. The van der Waals surface area contributed by atoms with E-state index in [-0.39, 0.29) is 46.6 Å². The molecule has 6 rings (SSSR count). The second-order valence-electron chi connectivity index (χ2n) is 18.1. The smallest absolute Gasteiger partial charge is 0.164 e. The molecule has 44 heavy (non-hydrogen) atoms. The van der Waals surface area contributed by atoms with Gasteiger partial charge in [0.1, 0.15) is 5.60 Å². The van der Waals surface area contributed by atoms with Crippen LogP contribution in [0.4, 0.5) is 0 Å². The highest BCUT2D eigenvalue weighted by atomic mass is 16.8. The predicted molar refractivity (Wildman–Crippen MR) is 172 cm³/mol. The maximum absolute atomic E-state index is 10.6. The van der Waals surface area contributed by atoms with Gasteiger partial charge < -0.3 is 28.9 Å². The van der Waals surface area contributed by atoms with E-state index in [0.29, 0.717) is 12.3 Å². The standard InChI is InChI=1S/C37H59NO6/c1-31(2,3)44-38-26-19-22-23-13-14-29(37(12)30(16-17-32(4,5)39)42-34(8,9)43-37)35(23,10)18-15-24(22)36(11)21-28-27(20-25(26)36)40-33(6,7)41-28/h13,19,24-25,27-30,39H,14-18,20-21H2,1-12H3/b38-26+/t24-,25-,27+,28-,29-,30+,35-,36+,37+/m0/s1. The van der Waals surface area contributed by atoms with Crippen molar-refractivity contribution in [3.05, 3.63) is 23.3 Å². The summed E-state index contributed by atoms with van der Waals surface area (Å²) in [6.07, 6.45) is 11.4. The van der Waals surface area contributed by atoms with Crippen molar-refractivity contribution >= 4 is 5.71 Å². The highest BCUT2D eigenvalue weighted by Crippen LogP contribution is 2.67. The van der Waals surface area contributed by atoms with Gasteiger partial charge in [0.05, 0.1) is 35.2 Å². The minimum Gasteiger partial charge on any atom is -0.390 e. The second-order valence-corrected chi connectivity index (χ2v) is 18.1. The summed E-state index contributed by atoms with van der Waals surface area (Å²) in [5, 5.41) is 15.5. The van der Waals surface area contributed by atoms with Crippen molar-refractivity contribution in [1.29, 1.82) is 0 Å². The lowest BCUT2D eigenvalue weighted by Gasteiger charge is -2.57. The summed E-state index contributed by atoms with van der Waals surface area (Å²) in [6, 6.07) is 0. The van der Waals surface area contributed by atoms with Gasteiger partial charge in [0.15, 0.2) is 11.6 Å². The third-order valence-electron chi connectivity index (χ3n) is 11.9. The van der Waals surface area contributed by atoms with Crippen LogP contribution in [0.25, 0.3) is 0 Å². The van der Waals surface area contributed by atoms with Crippen LogP contribution in [0, 0.1) is 28.6 Å². The molecule has 0 aromatic heterocycles. The van der Waals surface area contributed by atoms with Crippen molar-refractivity contribution in [2.24, 2.45) is 33.7 Å². The number of aliphatic hydroxyl groups is 1. The van der Waals surface area contributed by atoms with Crippen LogP contribution in [-0.4, -0.2) is 57.5 Å². The van der Waals surface area contributed by atoms with Crippen LogP contribution in [0.5, 0.6) is 0 Å². The SMILES string of the molecule is CC(C)(O)CC[C@H]1OC(C)(C)O[C@]1(C)[C@H]1CC=C2C3=C/C(=N\OC(C)(C)C)[C@@H]4C[C@H]5OC(C)(C)O[C@H]5C[C@]4(C)[C@H]3CC[C@@]21C. The summed E-state index contributed by atoms with van der Waals surface area (Å²) in [5.74, 6) is -0.297. The van der Waals surface area contributed by atoms with Crippen LogP contribution in [0.15, 0.2) is 28.5 Å². The van der Waals surface area contributed by atoms with Gasteiger partial charge in [-0.1, -0.05) is 25.1 Å². The molecule has 0 amide bonds. The molecule has 0 aromatic rings. The first-order valence-electron chi connectivity index (χ1n) is 17.2. The Morgan fingerprint density at radius 1 is 0.932 bits per heavy atom. The lowest BCUT2D eigenvalue weighted by molar-refractivity contribution is -0.177. The van der Waals surface area contributed by atoms with Crippen LogP contribution in [-0.2, 0) is 23.8 Å². The fourth-order valence-electron chi connectivity index (χ4n) is 10.1. The van der Waals surface area contributed by atoms with E-state index in [9.17, 15) is 5.11 Å². The normalized spacial score (nSPS) is 45.2. The zero-order valence-electron chi connectivity index (χ0n) is 29.5. The van der Waals surface area contributed by atoms with Crippen molar-refractivity contribution < 1.29 is 28.9 Å². The number of nitrogens with zero attached hydrogens (tertiary/aromatic N) is 1. The van der Waals surface area contributed by atoms with Crippen LogP contribution in [0.2, 0.25) is 0 Å². The average molecular weight is 614 g/mol. The molecule has 6 aliphatic rings. The average Bonchev–Trinajstić information content (AvgIpc) is 3.44. The Balaban J connectivity index is 1.36. The van der Waals surface area contributed by atoms with Crippen molar-refractivity contribution in [2.45, 2.75) is 175 Å². The van der Waals surface area contributed by atoms with E-state index in [1.807, 2.05) is 41.5 Å². The Hall–Kier alpha value is -1.25. The summed E-state index contributed by atoms with van der Waals surface area (Å²) >= 11 is 0. The van der Waals surface area contributed by atoms with Gasteiger partial charge in [-0.2, -0.15) is 0 Å². The number of rotatable bonds is 5. The zero-order valence-corrected chi connectivity index (χ0v) is 29.5. The van der Waals surface area contributed by atoms with Crippen LogP contribution in [0.3, 0.4) is 0 Å². The van der Waals surface area contributed by atoms with Crippen molar-refractivity contribution in [3.8, 4) is 0 Å². The molecule has 0 aromatic carbocycles. The summed E-state index contributed by atoms with van der Waals surface area (Å²) in [7, 11) is 0. The van der Waals surface area contributed by atoms with Gasteiger partial charge in [-0.25, -0.2) is 0 Å². The highest BCUT2D eigenvalue weighted by Gasteiger charge is 2.65. The number of hydrogen-bond acceptors (Lipinski definition) is 7. The molecule has 9 atom stereocenters. The molecule has 2 heterocycles. The first-order chi connectivity index (χ1) is 20.1. The lowest BCUT2D eigenvalue weighted by Crippen LogP contribution is -2.56. The van der Waals surface area contributed by atoms with Crippen molar-refractivity contribution in [3.63, 3.8) is 0 Å².